The lowest BCUT2D eigenvalue weighted by molar-refractivity contribution is -0.387. The predicted molar refractivity (Wildman–Crippen MR) is 53.6 cm³/mol. The van der Waals surface area contributed by atoms with Gasteiger partial charge in [0.25, 0.3) is 5.69 Å². The Balaban J connectivity index is 2.09. The number of nitro groups is 1. The average molecular weight is 211 g/mol. The van der Waals surface area contributed by atoms with E-state index >= 15 is 0 Å². The molecule has 1 aromatic carbocycles. The minimum Gasteiger partial charge on any atom is -0.372 e. The first-order valence-electron chi connectivity index (χ1n) is 4.25. The Kier molecular flexibility index (Phi) is 2.69. The van der Waals surface area contributed by atoms with Crippen LogP contribution in [0.5, 0.6) is 0 Å². The molecule has 1 heterocycles. The largest absolute Gasteiger partial charge is 0.372 e. The zero-order valence-corrected chi connectivity index (χ0v) is 8.20. The standard InChI is InChI=1S/C9H9NO3S/c11-10(12)8-3-1-2-4-9(8)14-6-7-5-13-7/h1-4,7H,5-6H2. The third-order valence-corrected chi connectivity index (χ3v) is 3.08. The summed E-state index contributed by atoms with van der Waals surface area (Å²) >= 11 is 1.48. The quantitative estimate of drug-likeness (QED) is 0.331. The van der Waals surface area contributed by atoms with Crippen molar-refractivity contribution in [1.29, 1.82) is 0 Å². The van der Waals surface area contributed by atoms with Crippen molar-refractivity contribution >= 4 is 17.4 Å². The zero-order valence-electron chi connectivity index (χ0n) is 7.38. The highest BCUT2D eigenvalue weighted by atomic mass is 32.2. The van der Waals surface area contributed by atoms with Crippen LogP contribution in [0.2, 0.25) is 0 Å². The SMILES string of the molecule is O=[N+]([O-])c1ccccc1SCC1CO1. The van der Waals surface area contributed by atoms with Crippen molar-refractivity contribution in [2.75, 3.05) is 12.4 Å². The number of thioether (sulfide) groups is 1. The Labute approximate surface area is 85.4 Å². The maximum absolute atomic E-state index is 10.6. The van der Waals surface area contributed by atoms with Gasteiger partial charge in [0, 0.05) is 11.8 Å². The second-order valence-corrected chi connectivity index (χ2v) is 4.05. The molecule has 0 N–H and O–H groups in total. The summed E-state index contributed by atoms with van der Waals surface area (Å²) < 4.78 is 5.04. The van der Waals surface area contributed by atoms with E-state index in [0.717, 1.165) is 12.4 Å². The van der Waals surface area contributed by atoms with E-state index in [-0.39, 0.29) is 10.6 Å². The van der Waals surface area contributed by atoms with Gasteiger partial charge in [-0.25, -0.2) is 0 Å². The molecule has 1 aliphatic rings. The van der Waals surface area contributed by atoms with Crippen molar-refractivity contribution in [1.82, 2.24) is 0 Å². The summed E-state index contributed by atoms with van der Waals surface area (Å²) in [5.74, 6) is 0.796. The van der Waals surface area contributed by atoms with E-state index in [1.54, 1.807) is 12.1 Å². The van der Waals surface area contributed by atoms with Crippen LogP contribution < -0.4 is 0 Å². The molecule has 4 nitrogen and oxygen atoms in total. The average Bonchev–Trinajstić information content (AvgIpc) is 2.98. The van der Waals surface area contributed by atoms with Crippen LogP contribution in [-0.4, -0.2) is 23.4 Å². The van der Waals surface area contributed by atoms with Crippen molar-refractivity contribution in [2.45, 2.75) is 11.0 Å². The van der Waals surface area contributed by atoms with E-state index < -0.39 is 0 Å². The number of epoxide rings is 1. The van der Waals surface area contributed by atoms with Crippen LogP contribution >= 0.6 is 11.8 Å². The van der Waals surface area contributed by atoms with Gasteiger partial charge in [-0.2, -0.15) is 0 Å². The Bertz CT molecular complexity index is 352. The maximum Gasteiger partial charge on any atom is 0.282 e. The van der Waals surface area contributed by atoms with E-state index in [1.807, 2.05) is 6.07 Å². The lowest BCUT2D eigenvalue weighted by atomic mass is 10.3. The molecule has 74 valence electrons. The summed E-state index contributed by atoms with van der Waals surface area (Å²) in [6, 6.07) is 6.78. The molecule has 1 aromatic rings. The van der Waals surface area contributed by atoms with Crippen molar-refractivity contribution in [3.63, 3.8) is 0 Å². The Morgan fingerprint density at radius 1 is 1.57 bits per heavy atom. The Morgan fingerprint density at radius 3 is 2.93 bits per heavy atom. The first kappa shape index (κ1) is 9.48. The molecule has 1 aliphatic heterocycles. The first-order chi connectivity index (χ1) is 6.77. The zero-order chi connectivity index (χ0) is 9.97. The fraction of sp³-hybridized carbons (Fsp3) is 0.333. The highest BCUT2D eigenvalue weighted by Gasteiger charge is 2.24. The molecular weight excluding hydrogens is 202 g/mol. The molecule has 0 saturated carbocycles. The van der Waals surface area contributed by atoms with Gasteiger partial charge in [0.1, 0.15) is 0 Å². The normalized spacial score (nSPS) is 19.3. The van der Waals surface area contributed by atoms with E-state index in [0.29, 0.717) is 11.0 Å². The highest BCUT2D eigenvalue weighted by molar-refractivity contribution is 7.99. The molecule has 1 fully saturated rings. The molecule has 1 saturated heterocycles. The van der Waals surface area contributed by atoms with Crippen molar-refractivity contribution in [3.05, 3.63) is 34.4 Å². The maximum atomic E-state index is 10.6. The Hall–Kier alpha value is -1.07. The van der Waals surface area contributed by atoms with Gasteiger partial charge in [-0.1, -0.05) is 12.1 Å². The second kappa shape index (κ2) is 3.98. The molecule has 0 aliphatic carbocycles. The molecular formula is C9H9NO3S. The van der Waals surface area contributed by atoms with Crippen molar-refractivity contribution in [3.8, 4) is 0 Å². The predicted octanol–water partition coefficient (Wildman–Crippen LogP) is 2.09. The number of ether oxygens (including phenoxy) is 1. The smallest absolute Gasteiger partial charge is 0.282 e. The fourth-order valence-electron chi connectivity index (χ4n) is 1.08. The highest BCUT2D eigenvalue weighted by Crippen LogP contribution is 2.31. The van der Waals surface area contributed by atoms with Gasteiger partial charge < -0.3 is 4.74 Å². The van der Waals surface area contributed by atoms with Crippen LogP contribution in [0.1, 0.15) is 0 Å². The minimum absolute atomic E-state index is 0.179. The summed E-state index contributed by atoms with van der Waals surface area (Å²) in [6.07, 6.45) is 0.291. The minimum atomic E-state index is -0.351. The molecule has 14 heavy (non-hydrogen) atoms. The molecule has 0 spiro atoms. The number of benzene rings is 1. The summed E-state index contributed by atoms with van der Waals surface area (Å²) in [4.78, 5) is 11.0. The van der Waals surface area contributed by atoms with Crippen LogP contribution in [-0.2, 0) is 4.74 Å². The number of hydrogen-bond donors (Lipinski definition) is 0. The van der Waals surface area contributed by atoms with Crippen molar-refractivity contribution in [2.24, 2.45) is 0 Å². The number of hydrogen-bond acceptors (Lipinski definition) is 4. The molecule has 0 amide bonds. The molecule has 0 aromatic heterocycles. The summed E-state index contributed by atoms with van der Waals surface area (Å²) in [7, 11) is 0. The molecule has 2 rings (SSSR count). The van der Waals surface area contributed by atoms with E-state index in [2.05, 4.69) is 0 Å². The van der Waals surface area contributed by atoms with E-state index in [1.165, 1.54) is 17.8 Å². The third-order valence-electron chi connectivity index (χ3n) is 1.89. The van der Waals surface area contributed by atoms with Gasteiger partial charge in [0.15, 0.2) is 0 Å². The van der Waals surface area contributed by atoms with Gasteiger partial charge in [0.2, 0.25) is 0 Å². The van der Waals surface area contributed by atoms with Gasteiger partial charge in [-0.3, -0.25) is 10.1 Å². The van der Waals surface area contributed by atoms with Crippen LogP contribution in [0.15, 0.2) is 29.2 Å². The third kappa shape index (κ3) is 2.24. The summed E-state index contributed by atoms with van der Waals surface area (Å²) in [5, 5.41) is 10.6. The first-order valence-corrected chi connectivity index (χ1v) is 5.24. The van der Waals surface area contributed by atoms with Crippen LogP contribution in [0.4, 0.5) is 5.69 Å². The van der Waals surface area contributed by atoms with E-state index in [9.17, 15) is 10.1 Å². The molecule has 0 radical (unpaired) electrons. The molecule has 5 heteroatoms. The van der Waals surface area contributed by atoms with Gasteiger partial charge >= 0.3 is 0 Å². The van der Waals surface area contributed by atoms with Gasteiger partial charge in [0.05, 0.1) is 22.5 Å². The van der Waals surface area contributed by atoms with Crippen molar-refractivity contribution < 1.29 is 9.66 Å². The molecule has 0 bridgehead atoms. The monoisotopic (exact) mass is 211 g/mol. The topological polar surface area (TPSA) is 55.7 Å². The van der Waals surface area contributed by atoms with Crippen LogP contribution in [0.3, 0.4) is 0 Å². The lowest BCUT2D eigenvalue weighted by Crippen LogP contribution is -1.93. The van der Waals surface area contributed by atoms with Gasteiger partial charge in [-0.05, 0) is 6.07 Å². The number of nitro benzene ring substituents is 1. The van der Waals surface area contributed by atoms with Crippen LogP contribution in [0, 0.1) is 10.1 Å². The second-order valence-electron chi connectivity index (χ2n) is 2.99. The lowest BCUT2D eigenvalue weighted by Gasteiger charge is -1.99. The number of nitrogens with zero attached hydrogens (tertiary/aromatic N) is 1. The van der Waals surface area contributed by atoms with Crippen LogP contribution in [0.25, 0.3) is 0 Å². The summed E-state index contributed by atoms with van der Waals surface area (Å²) in [5.41, 5.74) is 0.179. The molecule has 1 unspecified atom stereocenters. The number of rotatable bonds is 4. The molecule has 1 atom stereocenters. The van der Waals surface area contributed by atoms with Gasteiger partial charge in [-0.15, -0.1) is 11.8 Å². The number of para-hydroxylation sites is 1. The summed E-state index contributed by atoms with van der Waals surface area (Å²) in [6.45, 7) is 0.785. The fourth-order valence-corrected chi connectivity index (χ4v) is 2.10. The van der Waals surface area contributed by atoms with E-state index in [4.69, 9.17) is 4.74 Å². The Morgan fingerprint density at radius 2 is 2.29 bits per heavy atom.